The Morgan fingerprint density at radius 1 is 1.11 bits per heavy atom. The topological polar surface area (TPSA) is 49.1 Å². The van der Waals surface area contributed by atoms with E-state index in [2.05, 4.69) is 15.5 Å². The van der Waals surface area contributed by atoms with Crippen LogP contribution in [0.3, 0.4) is 0 Å². The highest BCUT2D eigenvalue weighted by Gasteiger charge is 2.58. The number of carbonyl (C=O) groups is 1. The molecule has 1 N–H and O–H groups in total. The van der Waals surface area contributed by atoms with Gasteiger partial charge in [0.15, 0.2) is 5.54 Å². The summed E-state index contributed by atoms with van der Waals surface area (Å²) in [5, 5.41) is 6.98. The third-order valence-corrected chi connectivity index (χ3v) is 4.74. The van der Waals surface area contributed by atoms with Crippen LogP contribution >= 0.6 is 0 Å². The Balaban J connectivity index is 0.000000163. The molecule has 3 heterocycles. The lowest BCUT2D eigenvalue weighted by molar-refractivity contribution is -0.123. The van der Waals surface area contributed by atoms with Crippen molar-refractivity contribution in [3.05, 3.63) is 0 Å². The minimum atomic E-state index is 0.196. The third kappa shape index (κ3) is 3.93. The lowest BCUT2D eigenvalue weighted by Crippen LogP contribution is -2.61. The summed E-state index contributed by atoms with van der Waals surface area (Å²) in [6, 6.07) is 0. The molecule has 0 aromatic rings. The molecular formula is C15H28N3O+. The molecule has 3 aliphatic rings. The normalized spacial score (nSPS) is 30.4. The van der Waals surface area contributed by atoms with Crippen molar-refractivity contribution in [1.29, 1.82) is 0 Å². The van der Waals surface area contributed by atoms with Crippen molar-refractivity contribution in [2.45, 2.75) is 56.9 Å². The number of hydrogen-bond acceptors (Lipinski definition) is 2. The van der Waals surface area contributed by atoms with Crippen molar-refractivity contribution in [3.63, 3.8) is 0 Å². The molecule has 0 spiro atoms. The lowest BCUT2D eigenvalue weighted by Gasteiger charge is -2.37. The molecule has 1 unspecified atom stereocenters. The van der Waals surface area contributed by atoms with Crippen molar-refractivity contribution in [3.8, 4) is 0 Å². The Hall–Kier alpha value is -0.610. The van der Waals surface area contributed by atoms with Gasteiger partial charge in [-0.05, 0) is 12.8 Å². The first-order chi connectivity index (χ1) is 9.27. The number of nitrogens with one attached hydrogen (secondary N) is 1. The van der Waals surface area contributed by atoms with Gasteiger partial charge in [-0.2, -0.15) is 4.90 Å². The van der Waals surface area contributed by atoms with Crippen molar-refractivity contribution < 1.29 is 4.79 Å². The number of hydrogen-bond donors (Lipinski definition) is 1. The van der Waals surface area contributed by atoms with Crippen molar-refractivity contribution in [2.75, 3.05) is 33.2 Å². The standard InChI is InChI=1S/C9H16N2O.C6H12N/c1-10-8(12)7-9-3-2-5-11(9)6-4-9;1-2-4-6-7-5-3-1/h2-7H2,1H3,(H,10,12);1-6H2/q+1;. The molecule has 1 atom stereocenters. The molecule has 0 aromatic heterocycles. The zero-order chi connectivity index (χ0) is 13.6. The Labute approximate surface area is 117 Å². The number of rotatable bonds is 2. The van der Waals surface area contributed by atoms with Crippen LogP contribution in [-0.2, 0) is 4.79 Å². The van der Waals surface area contributed by atoms with Gasteiger partial charge in [0, 0.05) is 33.0 Å². The van der Waals surface area contributed by atoms with Gasteiger partial charge in [-0.1, -0.05) is 12.8 Å². The van der Waals surface area contributed by atoms with Crippen LogP contribution in [0.15, 0.2) is 0 Å². The number of fused-ring (bicyclic) bond motifs is 1. The largest absolute Gasteiger partial charge is 0.359 e. The molecule has 3 rings (SSSR count). The van der Waals surface area contributed by atoms with E-state index in [9.17, 15) is 4.79 Å². The van der Waals surface area contributed by atoms with E-state index in [1.807, 2.05) is 0 Å². The first-order valence-electron chi connectivity index (χ1n) is 7.86. The molecule has 4 nitrogen and oxygen atoms in total. The summed E-state index contributed by atoms with van der Waals surface area (Å²) in [6.45, 7) is 4.66. The first-order valence-corrected chi connectivity index (χ1v) is 7.86. The van der Waals surface area contributed by atoms with Gasteiger partial charge in [0.25, 0.3) is 0 Å². The monoisotopic (exact) mass is 266 g/mol. The van der Waals surface area contributed by atoms with Crippen LogP contribution in [0.5, 0.6) is 0 Å². The second-order valence-corrected chi connectivity index (χ2v) is 6.00. The predicted octanol–water partition coefficient (Wildman–Crippen LogP) is 1.36. The Morgan fingerprint density at radius 2 is 1.84 bits per heavy atom. The summed E-state index contributed by atoms with van der Waals surface area (Å²) >= 11 is 0. The Morgan fingerprint density at radius 3 is 2.37 bits per heavy atom. The molecule has 4 heteroatoms. The first kappa shape index (κ1) is 14.8. The molecule has 3 aliphatic heterocycles. The summed E-state index contributed by atoms with van der Waals surface area (Å²) in [5.41, 5.74) is 0.278. The molecule has 0 bridgehead atoms. The van der Waals surface area contributed by atoms with E-state index in [1.165, 1.54) is 58.0 Å². The number of amides is 1. The highest BCUT2D eigenvalue weighted by Crippen LogP contribution is 2.40. The predicted molar refractivity (Wildman–Crippen MR) is 77.5 cm³/mol. The van der Waals surface area contributed by atoms with Gasteiger partial charge in [0.1, 0.15) is 13.1 Å². The van der Waals surface area contributed by atoms with E-state index in [4.69, 9.17) is 0 Å². The number of carbonyl (C=O) groups excluding carboxylic acids is 1. The fraction of sp³-hybridized carbons (Fsp3) is 0.933. The van der Waals surface area contributed by atoms with Crippen LogP contribution in [0, 0.1) is 0 Å². The molecular weight excluding hydrogens is 238 g/mol. The van der Waals surface area contributed by atoms with Crippen LogP contribution in [0.2, 0.25) is 0 Å². The third-order valence-electron chi connectivity index (χ3n) is 4.74. The van der Waals surface area contributed by atoms with Gasteiger partial charge in [-0.3, -0.25) is 4.79 Å². The minimum Gasteiger partial charge on any atom is -0.359 e. The van der Waals surface area contributed by atoms with E-state index < -0.39 is 0 Å². The highest BCUT2D eigenvalue weighted by atomic mass is 16.1. The Kier molecular flexibility index (Phi) is 5.64. The highest BCUT2D eigenvalue weighted by molar-refractivity contribution is 5.77. The van der Waals surface area contributed by atoms with Crippen molar-refractivity contribution in [2.24, 2.45) is 0 Å². The summed E-state index contributed by atoms with van der Waals surface area (Å²) < 4.78 is 0. The van der Waals surface area contributed by atoms with E-state index in [0.717, 1.165) is 13.1 Å². The van der Waals surface area contributed by atoms with Crippen molar-refractivity contribution >= 4 is 5.91 Å². The average molecular weight is 266 g/mol. The van der Waals surface area contributed by atoms with Gasteiger partial charge in [-0.25, -0.2) is 5.32 Å². The molecule has 0 aliphatic carbocycles. The number of nitrogens with zero attached hydrogens (tertiary/aromatic N) is 2. The maximum absolute atomic E-state index is 11.2. The maximum Gasteiger partial charge on any atom is 0.226 e. The summed E-state index contributed by atoms with van der Waals surface area (Å²) in [5.74, 6) is 0.196. The van der Waals surface area contributed by atoms with Crippen LogP contribution in [0.1, 0.15) is 51.4 Å². The average Bonchev–Trinajstić information content (AvgIpc) is 2.68. The molecule has 1 amide bonds. The van der Waals surface area contributed by atoms with E-state index in [0.29, 0.717) is 6.42 Å². The summed E-state index contributed by atoms with van der Waals surface area (Å²) in [7, 11) is 1.72. The molecule has 3 fully saturated rings. The fourth-order valence-electron chi connectivity index (χ4n) is 3.41. The second kappa shape index (κ2) is 7.25. The lowest BCUT2D eigenvalue weighted by atomic mass is 9.82. The fourth-order valence-corrected chi connectivity index (χ4v) is 3.41. The zero-order valence-corrected chi connectivity index (χ0v) is 12.3. The molecule has 0 saturated carbocycles. The van der Waals surface area contributed by atoms with E-state index in [1.54, 1.807) is 7.05 Å². The maximum atomic E-state index is 11.2. The molecule has 0 aromatic carbocycles. The van der Waals surface area contributed by atoms with Gasteiger partial charge in [0.2, 0.25) is 5.91 Å². The summed E-state index contributed by atoms with van der Waals surface area (Å²) in [6.07, 6.45) is 9.91. The molecule has 2 radical (unpaired) electrons. The SMILES string of the molecule is C1CCC[N]CC1.CNC(=O)CC12CCC[N+]1CC2. The van der Waals surface area contributed by atoms with Gasteiger partial charge in [0.05, 0.1) is 12.8 Å². The van der Waals surface area contributed by atoms with Gasteiger partial charge >= 0.3 is 0 Å². The zero-order valence-electron chi connectivity index (χ0n) is 12.3. The molecule has 3 saturated heterocycles. The van der Waals surface area contributed by atoms with Crippen LogP contribution in [0.4, 0.5) is 0 Å². The van der Waals surface area contributed by atoms with Crippen LogP contribution < -0.4 is 15.5 Å². The van der Waals surface area contributed by atoms with Gasteiger partial charge < -0.3 is 5.32 Å². The smallest absolute Gasteiger partial charge is 0.226 e. The molecule has 19 heavy (non-hydrogen) atoms. The van der Waals surface area contributed by atoms with Crippen molar-refractivity contribution in [1.82, 2.24) is 15.5 Å². The van der Waals surface area contributed by atoms with Crippen LogP contribution in [0.25, 0.3) is 0 Å². The van der Waals surface area contributed by atoms with E-state index >= 15 is 0 Å². The minimum absolute atomic E-state index is 0.196. The van der Waals surface area contributed by atoms with Crippen LogP contribution in [-0.4, -0.2) is 44.7 Å². The van der Waals surface area contributed by atoms with E-state index in [-0.39, 0.29) is 11.4 Å². The Bertz CT molecular complexity index is 275. The second-order valence-electron chi connectivity index (χ2n) is 6.00. The van der Waals surface area contributed by atoms with Gasteiger partial charge in [-0.15, -0.1) is 0 Å². The summed E-state index contributed by atoms with van der Waals surface area (Å²) in [4.78, 5) is 13.7. The molecule has 108 valence electrons. The quantitative estimate of drug-likeness (QED) is 0.754.